The van der Waals surface area contributed by atoms with E-state index in [2.05, 4.69) is 43.0 Å². The normalized spacial score (nSPS) is 22.7. The average Bonchev–Trinajstić information content (AvgIpc) is 2.47. The van der Waals surface area contributed by atoms with Gasteiger partial charge in [-0.15, -0.1) is 0 Å². The molecule has 21 heavy (non-hydrogen) atoms. The molecule has 1 heterocycles. The van der Waals surface area contributed by atoms with Crippen LogP contribution in [-0.4, -0.2) is 29.4 Å². The summed E-state index contributed by atoms with van der Waals surface area (Å²) in [5.74, 6) is -0.226. The van der Waals surface area contributed by atoms with Gasteiger partial charge in [-0.1, -0.05) is 43.2 Å². The maximum absolute atomic E-state index is 11.8. The van der Waals surface area contributed by atoms with Crippen LogP contribution in [0.3, 0.4) is 0 Å². The molecule has 4 heteroatoms. The van der Waals surface area contributed by atoms with Crippen LogP contribution in [0, 0.1) is 6.92 Å². The van der Waals surface area contributed by atoms with Gasteiger partial charge in [-0.3, -0.25) is 9.69 Å². The Morgan fingerprint density at radius 2 is 2.19 bits per heavy atom. The number of carbonyl (C=O) groups is 1. The second-order valence-corrected chi connectivity index (χ2v) is 6.08. The standard InChI is InChI=1S/C17H27N3O/c1-3-14(18)16(13-8-6-7-12(2)11-13)20-10-5-4-9-15(20)17(19)21/h6-8,11,14-16H,3-5,9-10,18H2,1-2H3,(H2,19,21). The number of primary amides is 1. The average molecular weight is 289 g/mol. The SMILES string of the molecule is CCC(N)C(c1cccc(C)c1)N1CCCCC1C(N)=O. The minimum atomic E-state index is -0.226. The Balaban J connectivity index is 2.36. The van der Waals surface area contributed by atoms with Crippen molar-refractivity contribution >= 4 is 5.91 Å². The zero-order valence-electron chi connectivity index (χ0n) is 13.1. The molecule has 3 atom stereocenters. The summed E-state index contributed by atoms with van der Waals surface area (Å²) in [6.07, 6.45) is 3.88. The largest absolute Gasteiger partial charge is 0.368 e. The van der Waals surface area contributed by atoms with Gasteiger partial charge in [-0.2, -0.15) is 0 Å². The highest BCUT2D eigenvalue weighted by Crippen LogP contribution is 2.31. The smallest absolute Gasteiger partial charge is 0.234 e. The van der Waals surface area contributed by atoms with Gasteiger partial charge >= 0.3 is 0 Å². The molecule has 0 aromatic heterocycles. The fourth-order valence-electron chi connectivity index (χ4n) is 3.35. The fraction of sp³-hybridized carbons (Fsp3) is 0.588. The summed E-state index contributed by atoms with van der Waals surface area (Å²) in [7, 11) is 0. The molecular formula is C17H27N3O. The second kappa shape index (κ2) is 7.05. The predicted molar refractivity (Wildman–Crippen MR) is 85.7 cm³/mol. The molecule has 116 valence electrons. The van der Waals surface area contributed by atoms with E-state index >= 15 is 0 Å². The van der Waals surface area contributed by atoms with Crippen molar-refractivity contribution in [1.82, 2.24) is 4.90 Å². The van der Waals surface area contributed by atoms with E-state index in [9.17, 15) is 4.79 Å². The van der Waals surface area contributed by atoms with Gasteiger partial charge in [0.1, 0.15) is 0 Å². The lowest BCUT2D eigenvalue weighted by molar-refractivity contribution is -0.125. The molecule has 4 nitrogen and oxygen atoms in total. The molecule has 0 bridgehead atoms. The van der Waals surface area contributed by atoms with E-state index in [0.29, 0.717) is 0 Å². The molecule has 1 aromatic rings. The summed E-state index contributed by atoms with van der Waals surface area (Å²) in [5, 5.41) is 0. The van der Waals surface area contributed by atoms with Crippen LogP contribution in [0.15, 0.2) is 24.3 Å². The Morgan fingerprint density at radius 1 is 1.43 bits per heavy atom. The van der Waals surface area contributed by atoms with Gasteiger partial charge in [0.25, 0.3) is 0 Å². The third-order valence-electron chi connectivity index (χ3n) is 4.49. The van der Waals surface area contributed by atoms with Crippen LogP contribution in [-0.2, 0) is 4.79 Å². The first-order chi connectivity index (χ1) is 10.0. The topological polar surface area (TPSA) is 72.3 Å². The maximum Gasteiger partial charge on any atom is 0.234 e. The van der Waals surface area contributed by atoms with Crippen molar-refractivity contribution in [3.63, 3.8) is 0 Å². The first-order valence-electron chi connectivity index (χ1n) is 7.91. The van der Waals surface area contributed by atoms with Crippen LogP contribution in [0.5, 0.6) is 0 Å². The third-order valence-corrected chi connectivity index (χ3v) is 4.49. The Morgan fingerprint density at radius 3 is 2.81 bits per heavy atom. The van der Waals surface area contributed by atoms with E-state index in [4.69, 9.17) is 11.5 Å². The van der Waals surface area contributed by atoms with Crippen molar-refractivity contribution in [2.24, 2.45) is 11.5 Å². The molecule has 3 unspecified atom stereocenters. The summed E-state index contributed by atoms with van der Waals surface area (Å²) >= 11 is 0. The summed E-state index contributed by atoms with van der Waals surface area (Å²) < 4.78 is 0. The predicted octanol–water partition coefficient (Wildman–Crippen LogP) is 2.11. The molecule has 0 spiro atoms. The van der Waals surface area contributed by atoms with Gasteiger partial charge in [0.05, 0.1) is 12.1 Å². The molecule has 1 amide bonds. The maximum atomic E-state index is 11.8. The molecule has 1 saturated heterocycles. The van der Waals surface area contributed by atoms with E-state index in [0.717, 1.165) is 32.2 Å². The van der Waals surface area contributed by atoms with Crippen LogP contribution in [0.1, 0.15) is 49.8 Å². The number of hydrogen-bond acceptors (Lipinski definition) is 3. The van der Waals surface area contributed by atoms with Gasteiger partial charge < -0.3 is 11.5 Å². The molecule has 2 rings (SSSR count). The molecule has 0 saturated carbocycles. The van der Waals surface area contributed by atoms with Crippen molar-refractivity contribution in [2.75, 3.05) is 6.54 Å². The molecule has 1 aliphatic rings. The van der Waals surface area contributed by atoms with Crippen LogP contribution >= 0.6 is 0 Å². The Labute approximate surface area is 127 Å². The summed E-state index contributed by atoms with van der Waals surface area (Å²) in [4.78, 5) is 14.0. The summed E-state index contributed by atoms with van der Waals surface area (Å²) in [6.45, 7) is 5.07. The molecule has 1 aliphatic heterocycles. The van der Waals surface area contributed by atoms with Crippen molar-refractivity contribution < 1.29 is 4.79 Å². The number of likely N-dealkylation sites (tertiary alicyclic amines) is 1. The molecule has 4 N–H and O–H groups in total. The lowest BCUT2D eigenvalue weighted by Gasteiger charge is -2.42. The number of piperidine rings is 1. The summed E-state index contributed by atoms with van der Waals surface area (Å²) in [6, 6.07) is 8.30. The zero-order chi connectivity index (χ0) is 15.4. The van der Waals surface area contributed by atoms with Gasteiger partial charge in [0.15, 0.2) is 0 Å². The molecule has 0 radical (unpaired) electrons. The highest BCUT2D eigenvalue weighted by Gasteiger charge is 2.35. The second-order valence-electron chi connectivity index (χ2n) is 6.08. The Bertz CT molecular complexity index is 489. The molecule has 1 aromatic carbocycles. The number of nitrogens with zero attached hydrogens (tertiary/aromatic N) is 1. The van der Waals surface area contributed by atoms with Gasteiger partial charge in [-0.05, 0) is 38.3 Å². The van der Waals surface area contributed by atoms with Crippen LogP contribution in [0.25, 0.3) is 0 Å². The van der Waals surface area contributed by atoms with Crippen LogP contribution < -0.4 is 11.5 Å². The van der Waals surface area contributed by atoms with E-state index in [1.165, 1.54) is 11.1 Å². The minimum absolute atomic E-state index is 0.00625. The Hall–Kier alpha value is -1.39. The number of aryl methyl sites for hydroxylation is 1. The summed E-state index contributed by atoms with van der Waals surface area (Å²) in [5.41, 5.74) is 14.4. The van der Waals surface area contributed by atoms with E-state index in [1.807, 2.05) is 0 Å². The van der Waals surface area contributed by atoms with Crippen LogP contribution in [0.2, 0.25) is 0 Å². The highest BCUT2D eigenvalue weighted by molar-refractivity contribution is 5.80. The first kappa shape index (κ1) is 16.0. The lowest BCUT2D eigenvalue weighted by Crippen LogP contribution is -2.53. The van der Waals surface area contributed by atoms with Gasteiger partial charge in [-0.25, -0.2) is 0 Å². The highest BCUT2D eigenvalue weighted by atomic mass is 16.1. The Kier molecular flexibility index (Phi) is 5.37. The number of hydrogen-bond donors (Lipinski definition) is 2. The fourth-order valence-corrected chi connectivity index (χ4v) is 3.35. The van der Waals surface area contributed by atoms with Crippen LogP contribution in [0.4, 0.5) is 0 Å². The van der Waals surface area contributed by atoms with E-state index in [-0.39, 0.29) is 24.0 Å². The zero-order valence-corrected chi connectivity index (χ0v) is 13.1. The number of carbonyl (C=O) groups excluding carboxylic acids is 1. The number of rotatable bonds is 5. The number of benzene rings is 1. The van der Waals surface area contributed by atoms with Crippen molar-refractivity contribution in [2.45, 2.75) is 57.7 Å². The van der Waals surface area contributed by atoms with E-state index in [1.54, 1.807) is 0 Å². The lowest BCUT2D eigenvalue weighted by atomic mass is 9.90. The molecular weight excluding hydrogens is 262 g/mol. The molecule has 0 aliphatic carbocycles. The molecule has 1 fully saturated rings. The minimum Gasteiger partial charge on any atom is -0.368 e. The first-order valence-corrected chi connectivity index (χ1v) is 7.91. The van der Waals surface area contributed by atoms with Crippen molar-refractivity contribution in [3.8, 4) is 0 Å². The number of nitrogens with two attached hydrogens (primary N) is 2. The van der Waals surface area contributed by atoms with E-state index < -0.39 is 0 Å². The number of amides is 1. The monoisotopic (exact) mass is 289 g/mol. The van der Waals surface area contributed by atoms with Crippen molar-refractivity contribution in [1.29, 1.82) is 0 Å². The quantitative estimate of drug-likeness (QED) is 0.872. The van der Waals surface area contributed by atoms with Crippen molar-refractivity contribution in [3.05, 3.63) is 35.4 Å². The van der Waals surface area contributed by atoms with Gasteiger partial charge in [0, 0.05) is 6.04 Å². The third kappa shape index (κ3) is 3.63. The van der Waals surface area contributed by atoms with Gasteiger partial charge in [0.2, 0.25) is 5.91 Å².